The molecule has 1 amide bonds. The molecule has 0 saturated heterocycles. The molecule has 0 atom stereocenters. The molecular weight excluding hydrogens is 248 g/mol. The third-order valence-electron chi connectivity index (χ3n) is 3.11. The van der Waals surface area contributed by atoms with Gasteiger partial charge in [0.2, 0.25) is 5.91 Å². The van der Waals surface area contributed by atoms with Crippen molar-refractivity contribution in [2.45, 2.75) is 26.2 Å². The van der Waals surface area contributed by atoms with Crippen LogP contribution in [-0.4, -0.2) is 12.5 Å². The van der Waals surface area contributed by atoms with Gasteiger partial charge in [-0.15, -0.1) is 0 Å². The first-order valence-corrected chi connectivity index (χ1v) is 6.53. The van der Waals surface area contributed by atoms with Crippen LogP contribution in [0.15, 0.2) is 18.2 Å². The molecule has 1 aliphatic carbocycles. The second-order valence-electron chi connectivity index (χ2n) is 4.57. The predicted molar refractivity (Wildman–Crippen MR) is 71.5 cm³/mol. The fourth-order valence-electron chi connectivity index (χ4n) is 1.91. The lowest BCUT2D eigenvalue weighted by molar-refractivity contribution is -0.118. The number of benzene rings is 1. The van der Waals surface area contributed by atoms with Crippen LogP contribution in [0.25, 0.3) is 0 Å². The van der Waals surface area contributed by atoms with Crippen molar-refractivity contribution in [3.63, 3.8) is 0 Å². The molecule has 4 heteroatoms. The summed E-state index contributed by atoms with van der Waals surface area (Å²) in [4.78, 5) is 13.7. The van der Waals surface area contributed by atoms with Crippen LogP contribution in [0.1, 0.15) is 31.7 Å². The van der Waals surface area contributed by atoms with Gasteiger partial charge in [0, 0.05) is 18.0 Å². The maximum atomic E-state index is 12.0. The maximum Gasteiger partial charge on any atom is 0.226 e. The zero-order chi connectivity index (χ0) is 13.1. The number of rotatable bonds is 4. The van der Waals surface area contributed by atoms with Crippen LogP contribution in [0.5, 0.6) is 0 Å². The highest BCUT2D eigenvalue weighted by molar-refractivity contribution is 6.31. The predicted octanol–water partition coefficient (Wildman–Crippen LogP) is 3.36. The first-order valence-electron chi connectivity index (χ1n) is 6.15. The van der Waals surface area contributed by atoms with E-state index in [-0.39, 0.29) is 5.91 Å². The number of carbonyl (C=O) groups excluding carboxylic acids is 1. The molecule has 0 spiro atoms. The molecule has 94 valence electrons. The fourth-order valence-corrected chi connectivity index (χ4v) is 2.07. The van der Waals surface area contributed by atoms with Crippen molar-refractivity contribution >= 4 is 23.2 Å². The number of nitriles is 1. The first-order chi connectivity index (χ1) is 8.65. The topological polar surface area (TPSA) is 44.1 Å². The Morgan fingerprint density at radius 1 is 1.56 bits per heavy atom. The highest BCUT2D eigenvalue weighted by atomic mass is 35.5. The summed E-state index contributed by atoms with van der Waals surface area (Å²) >= 11 is 5.97. The van der Waals surface area contributed by atoms with Gasteiger partial charge in [0.15, 0.2) is 0 Å². The summed E-state index contributed by atoms with van der Waals surface area (Å²) in [5, 5.41) is 9.68. The normalized spacial score (nSPS) is 14.1. The van der Waals surface area contributed by atoms with Crippen LogP contribution >= 0.6 is 11.6 Å². The van der Waals surface area contributed by atoms with Crippen molar-refractivity contribution in [2.75, 3.05) is 11.4 Å². The largest absolute Gasteiger partial charge is 0.311 e. The van der Waals surface area contributed by atoms with E-state index >= 15 is 0 Å². The summed E-state index contributed by atoms with van der Waals surface area (Å²) in [5.74, 6) is 0.617. The van der Waals surface area contributed by atoms with Crippen molar-refractivity contribution in [1.82, 2.24) is 0 Å². The van der Waals surface area contributed by atoms with Gasteiger partial charge < -0.3 is 4.90 Å². The van der Waals surface area contributed by atoms with Gasteiger partial charge in [-0.3, -0.25) is 4.79 Å². The van der Waals surface area contributed by atoms with Gasteiger partial charge in [-0.1, -0.05) is 18.5 Å². The van der Waals surface area contributed by atoms with Gasteiger partial charge in [-0.05, 0) is 37.0 Å². The number of amides is 1. The zero-order valence-corrected chi connectivity index (χ0v) is 11.1. The molecule has 0 bridgehead atoms. The van der Waals surface area contributed by atoms with Gasteiger partial charge >= 0.3 is 0 Å². The minimum atomic E-state index is 0.0423. The Hall–Kier alpha value is -1.53. The Bertz CT molecular complexity index is 503. The van der Waals surface area contributed by atoms with Crippen LogP contribution in [-0.2, 0) is 4.79 Å². The molecule has 0 heterocycles. The molecule has 0 aromatic heterocycles. The second-order valence-corrected chi connectivity index (χ2v) is 5.01. The van der Waals surface area contributed by atoms with Crippen molar-refractivity contribution in [1.29, 1.82) is 5.26 Å². The first kappa shape index (κ1) is 12.9. The average molecular weight is 263 g/mol. The molecule has 1 aromatic rings. The van der Waals surface area contributed by atoms with Crippen LogP contribution in [0.2, 0.25) is 5.02 Å². The minimum Gasteiger partial charge on any atom is -0.311 e. The van der Waals surface area contributed by atoms with Crippen LogP contribution in [0.4, 0.5) is 5.69 Å². The summed E-state index contributed by atoms with van der Waals surface area (Å²) in [6, 6.07) is 7.17. The summed E-state index contributed by atoms with van der Waals surface area (Å²) in [7, 11) is 0. The summed E-state index contributed by atoms with van der Waals surface area (Å²) in [5.41, 5.74) is 1.14. The van der Waals surface area contributed by atoms with Gasteiger partial charge in [-0.2, -0.15) is 5.26 Å². The number of carbonyl (C=O) groups is 1. The Balaban J connectivity index is 2.36. The second kappa shape index (κ2) is 5.41. The molecule has 18 heavy (non-hydrogen) atoms. The Kier molecular flexibility index (Phi) is 3.88. The van der Waals surface area contributed by atoms with E-state index in [1.165, 1.54) is 0 Å². The minimum absolute atomic E-state index is 0.0423. The molecule has 0 radical (unpaired) electrons. The molecule has 0 unspecified atom stereocenters. The van der Waals surface area contributed by atoms with E-state index in [4.69, 9.17) is 16.9 Å². The summed E-state index contributed by atoms with van der Waals surface area (Å²) < 4.78 is 0. The standard InChI is InChI=1S/C14H15ClN2O/c1-2-14(18)17(9-10-3-4-10)13-7-12(15)6-5-11(13)8-16/h5-7,10H,2-4,9H2,1H3. The van der Waals surface area contributed by atoms with Gasteiger partial charge in [0.05, 0.1) is 11.3 Å². The SMILES string of the molecule is CCC(=O)N(CC1CC1)c1cc(Cl)ccc1C#N. The molecule has 1 aromatic carbocycles. The van der Waals surface area contributed by atoms with E-state index < -0.39 is 0 Å². The summed E-state index contributed by atoms with van der Waals surface area (Å²) in [6.45, 7) is 2.53. The average Bonchev–Trinajstić information content (AvgIpc) is 3.19. The Morgan fingerprint density at radius 3 is 2.83 bits per heavy atom. The summed E-state index contributed by atoms with van der Waals surface area (Å²) in [6.07, 6.45) is 2.76. The third-order valence-corrected chi connectivity index (χ3v) is 3.35. The third kappa shape index (κ3) is 2.83. The van der Waals surface area contributed by atoms with Crippen molar-refractivity contribution in [3.05, 3.63) is 28.8 Å². The lowest BCUT2D eigenvalue weighted by Crippen LogP contribution is -2.32. The van der Waals surface area contributed by atoms with E-state index in [2.05, 4.69) is 6.07 Å². The lowest BCUT2D eigenvalue weighted by Gasteiger charge is -2.23. The number of hydrogen-bond acceptors (Lipinski definition) is 2. The van der Waals surface area contributed by atoms with Crippen molar-refractivity contribution in [2.24, 2.45) is 5.92 Å². The zero-order valence-electron chi connectivity index (χ0n) is 10.3. The van der Waals surface area contributed by atoms with Crippen molar-refractivity contribution < 1.29 is 4.79 Å². The quantitative estimate of drug-likeness (QED) is 0.835. The molecule has 1 saturated carbocycles. The number of nitrogens with zero attached hydrogens (tertiary/aromatic N) is 2. The Morgan fingerprint density at radius 2 is 2.28 bits per heavy atom. The highest BCUT2D eigenvalue weighted by Crippen LogP contribution is 2.33. The van der Waals surface area contributed by atoms with Gasteiger partial charge in [0.25, 0.3) is 0 Å². The molecule has 1 fully saturated rings. The molecule has 0 N–H and O–H groups in total. The molecule has 1 aliphatic rings. The Labute approximate surface area is 112 Å². The number of anilines is 1. The van der Waals surface area contributed by atoms with Gasteiger partial charge in [0.1, 0.15) is 6.07 Å². The maximum absolute atomic E-state index is 12.0. The monoisotopic (exact) mass is 262 g/mol. The van der Waals surface area contributed by atoms with Crippen LogP contribution in [0, 0.1) is 17.2 Å². The van der Waals surface area contributed by atoms with E-state index in [0.717, 1.165) is 12.8 Å². The van der Waals surface area contributed by atoms with E-state index in [1.807, 2.05) is 6.92 Å². The molecular formula is C14H15ClN2O. The number of halogens is 1. The van der Waals surface area contributed by atoms with Gasteiger partial charge in [-0.25, -0.2) is 0 Å². The van der Waals surface area contributed by atoms with Crippen LogP contribution < -0.4 is 4.90 Å². The lowest BCUT2D eigenvalue weighted by atomic mass is 10.1. The number of hydrogen-bond donors (Lipinski definition) is 0. The molecule has 2 rings (SSSR count). The molecule has 3 nitrogen and oxygen atoms in total. The molecule has 0 aliphatic heterocycles. The van der Waals surface area contributed by atoms with Crippen molar-refractivity contribution in [3.8, 4) is 6.07 Å². The highest BCUT2D eigenvalue weighted by Gasteiger charge is 2.28. The van der Waals surface area contributed by atoms with E-state index in [9.17, 15) is 4.79 Å². The van der Waals surface area contributed by atoms with E-state index in [1.54, 1.807) is 23.1 Å². The van der Waals surface area contributed by atoms with E-state index in [0.29, 0.717) is 35.2 Å². The smallest absolute Gasteiger partial charge is 0.226 e. The van der Waals surface area contributed by atoms with Crippen LogP contribution in [0.3, 0.4) is 0 Å². The fraction of sp³-hybridized carbons (Fsp3) is 0.429.